The Balaban J connectivity index is 1.91. The van der Waals surface area contributed by atoms with Gasteiger partial charge in [-0.25, -0.2) is 0 Å². The summed E-state index contributed by atoms with van der Waals surface area (Å²) in [5.41, 5.74) is 1.10. The van der Waals surface area contributed by atoms with Gasteiger partial charge in [0, 0.05) is 4.88 Å². The highest BCUT2D eigenvalue weighted by molar-refractivity contribution is 7.13. The molecule has 0 atom stereocenters. The third kappa shape index (κ3) is 3.60. The lowest BCUT2D eigenvalue weighted by atomic mass is 10.2. The van der Waals surface area contributed by atoms with Crippen LogP contribution in [0.3, 0.4) is 0 Å². The molecule has 0 aliphatic rings. The van der Waals surface area contributed by atoms with Crippen molar-refractivity contribution in [2.75, 3.05) is 0 Å². The molecule has 0 fully saturated rings. The van der Waals surface area contributed by atoms with Crippen LogP contribution in [0.4, 0.5) is 0 Å². The van der Waals surface area contributed by atoms with E-state index in [4.69, 9.17) is 9.84 Å². The van der Waals surface area contributed by atoms with Crippen molar-refractivity contribution in [3.8, 4) is 5.06 Å². The maximum absolute atomic E-state index is 10.5. The molecule has 17 heavy (non-hydrogen) atoms. The van der Waals surface area contributed by atoms with Gasteiger partial charge < -0.3 is 9.84 Å². The van der Waals surface area contributed by atoms with Crippen LogP contribution in [0, 0.1) is 0 Å². The molecule has 1 aromatic heterocycles. The standard InChI is InChI=1S/C13H12O3S/c14-12(15)8-11-6-7-13(17-11)16-9-10-4-2-1-3-5-10/h1-7H,8-9H2,(H,14,15). The third-order valence-electron chi connectivity index (χ3n) is 2.19. The van der Waals surface area contributed by atoms with E-state index < -0.39 is 5.97 Å². The van der Waals surface area contributed by atoms with E-state index in [1.807, 2.05) is 36.4 Å². The molecular formula is C13H12O3S. The van der Waals surface area contributed by atoms with E-state index in [1.165, 1.54) is 11.3 Å². The van der Waals surface area contributed by atoms with Gasteiger partial charge in [0.1, 0.15) is 6.61 Å². The van der Waals surface area contributed by atoms with Crippen LogP contribution < -0.4 is 4.74 Å². The topological polar surface area (TPSA) is 46.5 Å². The number of carboxylic acid groups (broad SMARTS) is 1. The van der Waals surface area contributed by atoms with Crippen LogP contribution >= 0.6 is 11.3 Å². The summed E-state index contributed by atoms with van der Waals surface area (Å²) in [4.78, 5) is 11.3. The summed E-state index contributed by atoms with van der Waals surface area (Å²) in [6.45, 7) is 0.508. The fraction of sp³-hybridized carbons (Fsp3) is 0.154. The second kappa shape index (κ2) is 5.50. The van der Waals surface area contributed by atoms with E-state index in [0.29, 0.717) is 6.61 Å². The van der Waals surface area contributed by atoms with Crippen molar-refractivity contribution in [3.63, 3.8) is 0 Å². The largest absolute Gasteiger partial charge is 0.481 e. The minimum atomic E-state index is -0.818. The van der Waals surface area contributed by atoms with Gasteiger partial charge in [0.15, 0.2) is 5.06 Å². The Morgan fingerprint density at radius 1 is 1.18 bits per heavy atom. The van der Waals surface area contributed by atoms with Crippen molar-refractivity contribution in [2.24, 2.45) is 0 Å². The summed E-state index contributed by atoms with van der Waals surface area (Å²) in [5.74, 6) is -0.818. The first-order chi connectivity index (χ1) is 8.24. The van der Waals surface area contributed by atoms with Crippen LogP contribution in [0.25, 0.3) is 0 Å². The van der Waals surface area contributed by atoms with Gasteiger partial charge >= 0.3 is 5.97 Å². The maximum atomic E-state index is 10.5. The summed E-state index contributed by atoms with van der Waals surface area (Å²) in [6.07, 6.45) is 0.0549. The first-order valence-electron chi connectivity index (χ1n) is 5.21. The average Bonchev–Trinajstić information content (AvgIpc) is 2.75. The number of carboxylic acids is 1. The number of benzene rings is 1. The zero-order chi connectivity index (χ0) is 12.1. The number of carbonyl (C=O) groups is 1. The monoisotopic (exact) mass is 248 g/mol. The van der Waals surface area contributed by atoms with Gasteiger partial charge in [-0.2, -0.15) is 0 Å². The van der Waals surface area contributed by atoms with Crippen molar-refractivity contribution < 1.29 is 14.6 Å². The minimum absolute atomic E-state index is 0.0549. The fourth-order valence-corrected chi connectivity index (χ4v) is 2.25. The highest BCUT2D eigenvalue weighted by Gasteiger charge is 2.05. The van der Waals surface area contributed by atoms with Crippen molar-refractivity contribution in [2.45, 2.75) is 13.0 Å². The molecule has 4 heteroatoms. The van der Waals surface area contributed by atoms with Crippen LogP contribution in [0.2, 0.25) is 0 Å². The van der Waals surface area contributed by atoms with Gasteiger partial charge in [0.2, 0.25) is 0 Å². The molecular weight excluding hydrogens is 236 g/mol. The molecule has 1 N–H and O–H groups in total. The second-order valence-corrected chi connectivity index (χ2v) is 4.70. The minimum Gasteiger partial charge on any atom is -0.481 e. The molecule has 3 nitrogen and oxygen atoms in total. The average molecular weight is 248 g/mol. The molecule has 88 valence electrons. The summed E-state index contributed by atoms with van der Waals surface area (Å²) < 4.78 is 5.58. The molecule has 0 amide bonds. The first-order valence-corrected chi connectivity index (χ1v) is 6.03. The quantitative estimate of drug-likeness (QED) is 0.884. The lowest BCUT2D eigenvalue weighted by molar-refractivity contribution is -0.136. The predicted octanol–water partition coefficient (Wildman–Crippen LogP) is 2.95. The smallest absolute Gasteiger partial charge is 0.308 e. The van der Waals surface area contributed by atoms with Crippen LogP contribution in [-0.4, -0.2) is 11.1 Å². The zero-order valence-corrected chi connectivity index (χ0v) is 9.94. The molecule has 0 aliphatic carbocycles. The van der Waals surface area contributed by atoms with Gasteiger partial charge in [0.25, 0.3) is 0 Å². The molecule has 2 aromatic rings. The highest BCUT2D eigenvalue weighted by Crippen LogP contribution is 2.25. The van der Waals surface area contributed by atoms with Crippen molar-refractivity contribution in [1.29, 1.82) is 0 Å². The Kier molecular flexibility index (Phi) is 3.77. The van der Waals surface area contributed by atoms with Crippen molar-refractivity contribution >= 4 is 17.3 Å². The Labute approximate surface area is 103 Å². The number of rotatable bonds is 5. The number of thiophene rings is 1. The van der Waals surface area contributed by atoms with Gasteiger partial charge in [-0.1, -0.05) is 30.3 Å². The van der Waals surface area contributed by atoms with Gasteiger partial charge in [0.05, 0.1) is 6.42 Å². The number of hydrogen-bond acceptors (Lipinski definition) is 3. The van der Waals surface area contributed by atoms with Crippen molar-refractivity contribution in [1.82, 2.24) is 0 Å². The summed E-state index contributed by atoms with van der Waals surface area (Å²) in [5, 5.41) is 9.40. The van der Waals surface area contributed by atoms with Crippen molar-refractivity contribution in [3.05, 3.63) is 52.9 Å². The molecule has 0 saturated heterocycles. The molecule has 1 aromatic carbocycles. The molecule has 1 heterocycles. The number of aliphatic carboxylic acids is 1. The van der Waals surface area contributed by atoms with E-state index in [2.05, 4.69) is 0 Å². The summed E-state index contributed by atoms with van der Waals surface area (Å²) >= 11 is 1.38. The number of ether oxygens (including phenoxy) is 1. The Hall–Kier alpha value is -1.81. The molecule has 0 spiro atoms. The molecule has 0 bridgehead atoms. The lowest BCUT2D eigenvalue weighted by Crippen LogP contribution is -1.97. The molecule has 0 aliphatic heterocycles. The zero-order valence-electron chi connectivity index (χ0n) is 9.13. The Morgan fingerprint density at radius 3 is 2.65 bits per heavy atom. The Morgan fingerprint density at radius 2 is 1.94 bits per heavy atom. The molecule has 0 unspecified atom stereocenters. The van der Waals surface area contributed by atoms with E-state index in [1.54, 1.807) is 6.07 Å². The summed E-state index contributed by atoms with van der Waals surface area (Å²) in [6, 6.07) is 13.5. The van der Waals surface area contributed by atoms with Gasteiger partial charge in [-0.05, 0) is 17.7 Å². The summed E-state index contributed by atoms with van der Waals surface area (Å²) in [7, 11) is 0. The fourth-order valence-electron chi connectivity index (χ4n) is 1.41. The molecule has 0 radical (unpaired) electrons. The maximum Gasteiger partial charge on any atom is 0.308 e. The molecule has 2 rings (SSSR count). The van der Waals surface area contributed by atoms with E-state index in [9.17, 15) is 4.79 Å². The van der Waals surface area contributed by atoms with Gasteiger partial charge in [-0.15, -0.1) is 11.3 Å². The van der Waals surface area contributed by atoms with Crippen LogP contribution in [0.5, 0.6) is 5.06 Å². The third-order valence-corrected chi connectivity index (χ3v) is 3.18. The van der Waals surface area contributed by atoms with E-state index in [0.717, 1.165) is 15.5 Å². The second-order valence-electron chi connectivity index (χ2n) is 3.57. The Bertz CT molecular complexity index is 490. The normalized spacial score (nSPS) is 10.1. The van der Waals surface area contributed by atoms with Crippen LogP contribution in [-0.2, 0) is 17.8 Å². The predicted molar refractivity (Wildman–Crippen MR) is 66.4 cm³/mol. The molecule has 0 saturated carbocycles. The van der Waals surface area contributed by atoms with Crippen LogP contribution in [0.1, 0.15) is 10.4 Å². The van der Waals surface area contributed by atoms with Crippen LogP contribution in [0.15, 0.2) is 42.5 Å². The van der Waals surface area contributed by atoms with E-state index >= 15 is 0 Å². The lowest BCUT2D eigenvalue weighted by Gasteiger charge is -2.02. The first kappa shape index (κ1) is 11.7. The number of hydrogen-bond donors (Lipinski definition) is 1. The van der Waals surface area contributed by atoms with E-state index in [-0.39, 0.29) is 6.42 Å². The van der Waals surface area contributed by atoms with Gasteiger partial charge in [-0.3, -0.25) is 4.79 Å². The SMILES string of the molecule is O=C(O)Cc1ccc(OCc2ccccc2)s1. The highest BCUT2D eigenvalue weighted by atomic mass is 32.1.